The molecule has 0 bridgehead atoms. The largest absolute Gasteiger partial charge is 0.493 e. The SMILES string of the molecule is CCOc1ccc([C@@H]2NC(=S)NC(C)=C2C(=O)Nc2ccccc2)cc1Br. The van der Waals surface area contributed by atoms with Crippen molar-refractivity contribution in [2.45, 2.75) is 19.9 Å². The Bertz CT molecular complexity index is 899. The van der Waals surface area contributed by atoms with Crippen LogP contribution in [0.5, 0.6) is 5.75 Å². The fraction of sp³-hybridized carbons (Fsp3) is 0.200. The molecule has 1 atom stereocenters. The van der Waals surface area contributed by atoms with E-state index < -0.39 is 0 Å². The van der Waals surface area contributed by atoms with Crippen molar-refractivity contribution < 1.29 is 9.53 Å². The van der Waals surface area contributed by atoms with E-state index in [1.165, 1.54) is 0 Å². The summed E-state index contributed by atoms with van der Waals surface area (Å²) in [7, 11) is 0. The normalized spacial score (nSPS) is 16.4. The smallest absolute Gasteiger partial charge is 0.255 e. The minimum Gasteiger partial charge on any atom is -0.493 e. The highest BCUT2D eigenvalue weighted by Gasteiger charge is 2.30. The highest BCUT2D eigenvalue weighted by molar-refractivity contribution is 9.10. The van der Waals surface area contributed by atoms with Crippen molar-refractivity contribution in [1.82, 2.24) is 10.6 Å². The molecule has 0 fully saturated rings. The van der Waals surface area contributed by atoms with Crippen molar-refractivity contribution in [3.05, 3.63) is 69.8 Å². The molecule has 1 aliphatic heterocycles. The van der Waals surface area contributed by atoms with E-state index in [4.69, 9.17) is 17.0 Å². The minimum atomic E-state index is -0.366. The standard InChI is InChI=1S/C20H20BrN3O2S/c1-3-26-16-10-9-13(11-15(16)21)18-17(12(2)22-20(27)24-18)19(25)23-14-7-5-4-6-8-14/h4-11,18H,3H2,1-2H3,(H,23,25)(H2,22,24,27)/t18-/m0/s1. The van der Waals surface area contributed by atoms with E-state index in [9.17, 15) is 4.79 Å². The quantitative estimate of drug-likeness (QED) is 0.599. The van der Waals surface area contributed by atoms with E-state index in [1.807, 2.05) is 62.4 Å². The van der Waals surface area contributed by atoms with Crippen molar-refractivity contribution >= 4 is 44.9 Å². The number of hydrogen-bond donors (Lipinski definition) is 3. The molecule has 140 valence electrons. The van der Waals surface area contributed by atoms with Crippen LogP contribution in [0, 0.1) is 0 Å². The lowest BCUT2D eigenvalue weighted by Crippen LogP contribution is -2.45. The molecule has 1 amide bonds. The van der Waals surface area contributed by atoms with Crippen LogP contribution in [0.15, 0.2) is 64.3 Å². The topological polar surface area (TPSA) is 62.4 Å². The number of nitrogens with one attached hydrogen (secondary N) is 3. The number of amides is 1. The van der Waals surface area contributed by atoms with Gasteiger partial charge in [0.1, 0.15) is 5.75 Å². The second-order valence-electron chi connectivity index (χ2n) is 6.01. The summed E-state index contributed by atoms with van der Waals surface area (Å²) in [6, 6.07) is 14.8. The molecule has 1 aliphatic rings. The average Bonchev–Trinajstić information content (AvgIpc) is 2.63. The number of allylic oxidation sites excluding steroid dienone is 1. The maximum atomic E-state index is 13.0. The maximum absolute atomic E-state index is 13.0. The number of thiocarbonyl (C=S) groups is 1. The Labute approximate surface area is 172 Å². The van der Waals surface area contributed by atoms with Gasteiger partial charge in [-0.25, -0.2) is 0 Å². The molecule has 27 heavy (non-hydrogen) atoms. The van der Waals surface area contributed by atoms with Gasteiger partial charge in [0.25, 0.3) is 5.91 Å². The van der Waals surface area contributed by atoms with Crippen molar-refractivity contribution in [2.75, 3.05) is 11.9 Å². The third kappa shape index (κ3) is 4.48. The fourth-order valence-electron chi connectivity index (χ4n) is 2.93. The summed E-state index contributed by atoms with van der Waals surface area (Å²) in [6.07, 6.45) is 0. The molecule has 3 rings (SSSR count). The number of ether oxygens (including phenoxy) is 1. The Kier molecular flexibility index (Phi) is 6.13. The third-order valence-electron chi connectivity index (χ3n) is 4.13. The Morgan fingerprint density at radius 1 is 1.26 bits per heavy atom. The van der Waals surface area contributed by atoms with Gasteiger partial charge >= 0.3 is 0 Å². The molecule has 2 aromatic carbocycles. The predicted octanol–water partition coefficient (Wildman–Crippen LogP) is 4.28. The van der Waals surface area contributed by atoms with E-state index in [0.717, 1.165) is 27.2 Å². The van der Waals surface area contributed by atoms with Crippen LogP contribution in [-0.2, 0) is 4.79 Å². The summed E-state index contributed by atoms with van der Waals surface area (Å²) in [6.45, 7) is 4.37. The van der Waals surface area contributed by atoms with Crippen LogP contribution in [0.4, 0.5) is 5.69 Å². The summed E-state index contributed by atoms with van der Waals surface area (Å²) < 4.78 is 6.41. The molecule has 1 heterocycles. The summed E-state index contributed by atoms with van der Waals surface area (Å²) in [5.74, 6) is 0.574. The number of benzene rings is 2. The second kappa shape index (κ2) is 8.54. The zero-order chi connectivity index (χ0) is 19.4. The summed E-state index contributed by atoms with van der Waals surface area (Å²) in [4.78, 5) is 13.0. The number of rotatable bonds is 5. The van der Waals surface area contributed by atoms with Crippen LogP contribution in [0.1, 0.15) is 25.5 Å². The van der Waals surface area contributed by atoms with Crippen molar-refractivity contribution in [3.63, 3.8) is 0 Å². The van der Waals surface area contributed by atoms with Crippen LogP contribution < -0.4 is 20.7 Å². The Balaban J connectivity index is 1.94. The van der Waals surface area contributed by atoms with Crippen LogP contribution in [0.2, 0.25) is 0 Å². The van der Waals surface area contributed by atoms with Gasteiger partial charge in [-0.1, -0.05) is 24.3 Å². The molecule has 0 aliphatic carbocycles. The van der Waals surface area contributed by atoms with Gasteiger partial charge in [-0.3, -0.25) is 4.79 Å². The number of para-hydroxylation sites is 1. The minimum absolute atomic E-state index is 0.184. The van der Waals surface area contributed by atoms with Crippen LogP contribution >= 0.6 is 28.1 Å². The van der Waals surface area contributed by atoms with Gasteiger partial charge in [-0.2, -0.15) is 0 Å². The Morgan fingerprint density at radius 3 is 2.67 bits per heavy atom. The first-order valence-electron chi connectivity index (χ1n) is 8.56. The average molecular weight is 446 g/mol. The molecule has 2 aromatic rings. The molecule has 0 aromatic heterocycles. The highest BCUT2D eigenvalue weighted by atomic mass is 79.9. The van der Waals surface area contributed by atoms with Gasteiger partial charge in [-0.05, 0) is 71.8 Å². The molecular weight excluding hydrogens is 426 g/mol. The first-order chi connectivity index (χ1) is 13.0. The number of carbonyl (C=O) groups is 1. The van der Waals surface area contributed by atoms with Crippen LogP contribution in [-0.4, -0.2) is 17.6 Å². The fourth-order valence-corrected chi connectivity index (χ4v) is 3.72. The lowest BCUT2D eigenvalue weighted by molar-refractivity contribution is -0.113. The highest BCUT2D eigenvalue weighted by Crippen LogP contribution is 2.33. The first-order valence-corrected chi connectivity index (χ1v) is 9.76. The van der Waals surface area contributed by atoms with E-state index in [0.29, 0.717) is 17.3 Å². The Hall–Kier alpha value is -2.38. The van der Waals surface area contributed by atoms with Gasteiger partial charge in [0.2, 0.25) is 0 Å². The third-order valence-corrected chi connectivity index (χ3v) is 4.97. The summed E-state index contributed by atoms with van der Waals surface area (Å²) >= 11 is 8.84. The molecule has 0 unspecified atom stereocenters. The molecule has 0 saturated carbocycles. The van der Waals surface area contributed by atoms with Gasteiger partial charge < -0.3 is 20.7 Å². The van der Waals surface area contributed by atoms with E-state index in [2.05, 4.69) is 31.9 Å². The molecular formula is C20H20BrN3O2S. The predicted molar refractivity (Wildman–Crippen MR) is 115 cm³/mol. The number of halogens is 1. The second-order valence-corrected chi connectivity index (χ2v) is 7.28. The molecule has 7 heteroatoms. The first kappa shape index (κ1) is 19.4. The number of hydrogen-bond acceptors (Lipinski definition) is 3. The number of anilines is 1. The van der Waals surface area contributed by atoms with Crippen molar-refractivity contribution in [1.29, 1.82) is 0 Å². The zero-order valence-corrected chi connectivity index (χ0v) is 17.4. The molecule has 0 spiro atoms. The maximum Gasteiger partial charge on any atom is 0.255 e. The molecule has 5 nitrogen and oxygen atoms in total. The molecule has 0 radical (unpaired) electrons. The van der Waals surface area contributed by atoms with Crippen LogP contribution in [0.25, 0.3) is 0 Å². The monoisotopic (exact) mass is 445 g/mol. The van der Waals surface area contributed by atoms with Crippen molar-refractivity contribution in [3.8, 4) is 5.75 Å². The van der Waals surface area contributed by atoms with E-state index in [-0.39, 0.29) is 11.9 Å². The van der Waals surface area contributed by atoms with Crippen LogP contribution in [0.3, 0.4) is 0 Å². The molecule has 3 N–H and O–H groups in total. The van der Waals surface area contributed by atoms with Gasteiger partial charge in [0, 0.05) is 11.4 Å². The summed E-state index contributed by atoms with van der Waals surface area (Å²) in [5, 5.41) is 9.67. The Morgan fingerprint density at radius 2 is 2.00 bits per heavy atom. The lowest BCUT2D eigenvalue weighted by atomic mass is 9.95. The van der Waals surface area contributed by atoms with E-state index in [1.54, 1.807) is 0 Å². The molecule has 0 saturated heterocycles. The van der Waals surface area contributed by atoms with Crippen molar-refractivity contribution in [2.24, 2.45) is 0 Å². The lowest BCUT2D eigenvalue weighted by Gasteiger charge is -2.30. The van der Waals surface area contributed by atoms with Gasteiger partial charge in [0.15, 0.2) is 5.11 Å². The van der Waals surface area contributed by atoms with Gasteiger partial charge in [-0.15, -0.1) is 0 Å². The zero-order valence-electron chi connectivity index (χ0n) is 15.0. The number of carbonyl (C=O) groups excluding carboxylic acids is 1. The van der Waals surface area contributed by atoms with E-state index >= 15 is 0 Å². The summed E-state index contributed by atoms with van der Waals surface area (Å²) in [5.41, 5.74) is 2.96. The van der Waals surface area contributed by atoms with Gasteiger partial charge in [0.05, 0.1) is 22.7 Å².